The molecule has 0 saturated carbocycles. The van der Waals surface area contributed by atoms with Crippen LogP contribution < -0.4 is 16.8 Å². The molecule has 0 saturated heterocycles. The maximum Gasteiger partial charge on any atom is 0.261 e. The van der Waals surface area contributed by atoms with Crippen molar-refractivity contribution in [3.63, 3.8) is 0 Å². The zero-order chi connectivity index (χ0) is 25.1. The molecule has 6 N–H and O–H groups in total. The largest absolute Gasteiger partial charge is 0.370 e. The average molecular weight is 576 g/mol. The minimum absolute atomic E-state index is 0.181. The molecule has 0 aliphatic rings. The predicted octanol–water partition coefficient (Wildman–Crippen LogP) is 2.66. The fourth-order valence-electron chi connectivity index (χ4n) is 3.49. The van der Waals surface area contributed by atoms with E-state index in [1.807, 2.05) is 43.5 Å². The summed E-state index contributed by atoms with van der Waals surface area (Å²) in [5.41, 5.74) is 13.9. The van der Waals surface area contributed by atoms with Crippen LogP contribution in [0.5, 0.6) is 0 Å². The van der Waals surface area contributed by atoms with Gasteiger partial charge in [0.25, 0.3) is 5.91 Å². The van der Waals surface area contributed by atoms with E-state index in [2.05, 4.69) is 27.9 Å². The molecule has 181 valence electrons. The molecule has 1 radical (unpaired) electrons. The van der Waals surface area contributed by atoms with Crippen molar-refractivity contribution in [1.82, 2.24) is 10.2 Å². The van der Waals surface area contributed by atoms with Crippen LogP contribution in [0.3, 0.4) is 0 Å². The highest BCUT2D eigenvalue weighted by molar-refractivity contribution is 14.1. The minimum Gasteiger partial charge on any atom is -0.370 e. The van der Waals surface area contributed by atoms with Gasteiger partial charge in [-0.05, 0) is 84.9 Å². The molecule has 2 amide bonds. The Morgan fingerprint density at radius 1 is 1.15 bits per heavy atom. The van der Waals surface area contributed by atoms with Crippen LogP contribution in [0.15, 0.2) is 48.5 Å². The lowest BCUT2D eigenvalue weighted by Gasteiger charge is -2.29. The molecule has 0 aliphatic heterocycles. The third kappa shape index (κ3) is 8.21. The van der Waals surface area contributed by atoms with Crippen molar-refractivity contribution in [2.75, 3.05) is 6.54 Å². The molecule has 0 heterocycles. The first-order valence-electron chi connectivity index (χ1n) is 11.1. The summed E-state index contributed by atoms with van der Waals surface area (Å²) in [7, 11) is 0. The van der Waals surface area contributed by atoms with E-state index in [-0.39, 0.29) is 12.4 Å². The molecule has 9 heteroatoms. The second-order valence-corrected chi connectivity index (χ2v) is 9.24. The molecule has 0 fully saturated rings. The van der Waals surface area contributed by atoms with Crippen LogP contribution >= 0.6 is 22.6 Å². The van der Waals surface area contributed by atoms with Gasteiger partial charge in [0.15, 0.2) is 5.96 Å². The number of hydrogen-bond donors (Lipinski definition) is 4. The maximum atomic E-state index is 13.4. The molecule has 2 rings (SSSR count). The Morgan fingerprint density at radius 2 is 1.85 bits per heavy atom. The van der Waals surface area contributed by atoms with E-state index in [4.69, 9.17) is 16.9 Å². The van der Waals surface area contributed by atoms with Crippen LogP contribution in [0.1, 0.15) is 47.2 Å². The molecule has 2 aromatic carbocycles. The smallest absolute Gasteiger partial charge is 0.261 e. The van der Waals surface area contributed by atoms with Gasteiger partial charge in [0, 0.05) is 15.7 Å². The standard InChI is InChI=1S/C25H31IN5O3/c1-17-12-13-19(15-21(17)26)23(33)31(20(16-32)10-6-14-30-25(28)29)24(34)22(27)11-5-9-18-7-3-2-4-8-18/h2-4,7-8,12-13,15,20,22H,5-6,9-11,14,27H2,1H3,(H4,28,29,30)/t20-,22+/m0/s1. The normalized spacial score (nSPS) is 12.4. The van der Waals surface area contributed by atoms with Gasteiger partial charge in [0.2, 0.25) is 12.2 Å². The van der Waals surface area contributed by atoms with Crippen LogP contribution in [0, 0.1) is 15.9 Å². The molecular weight excluding hydrogens is 545 g/mol. The van der Waals surface area contributed by atoms with Gasteiger partial charge in [-0.25, -0.2) is 0 Å². The second kappa shape index (κ2) is 13.8. The highest BCUT2D eigenvalue weighted by Crippen LogP contribution is 2.19. The Labute approximate surface area is 214 Å². The molecule has 0 unspecified atom stereocenters. The molecule has 0 aliphatic carbocycles. The predicted molar refractivity (Wildman–Crippen MR) is 141 cm³/mol. The molecule has 34 heavy (non-hydrogen) atoms. The number of aryl methyl sites for hydroxylation is 2. The summed E-state index contributed by atoms with van der Waals surface area (Å²) in [6.07, 6.45) is 4.24. The fraction of sp³-hybridized carbons (Fsp3) is 0.360. The summed E-state index contributed by atoms with van der Waals surface area (Å²) in [5, 5.41) is 9.88. The number of carbonyl (C=O) groups is 2. The van der Waals surface area contributed by atoms with E-state index in [0.29, 0.717) is 31.4 Å². The van der Waals surface area contributed by atoms with Gasteiger partial charge in [-0.2, -0.15) is 0 Å². The zero-order valence-electron chi connectivity index (χ0n) is 19.2. The summed E-state index contributed by atoms with van der Waals surface area (Å²) in [4.78, 5) is 39.5. The van der Waals surface area contributed by atoms with E-state index in [1.165, 1.54) is 0 Å². The summed E-state index contributed by atoms with van der Waals surface area (Å²) in [6, 6.07) is 13.0. The third-order valence-electron chi connectivity index (χ3n) is 5.43. The second-order valence-electron chi connectivity index (χ2n) is 8.08. The zero-order valence-corrected chi connectivity index (χ0v) is 21.4. The first-order chi connectivity index (χ1) is 16.2. The van der Waals surface area contributed by atoms with Crippen molar-refractivity contribution in [1.29, 1.82) is 5.41 Å². The van der Waals surface area contributed by atoms with Gasteiger partial charge in [0.05, 0.1) is 6.04 Å². The number of halogens is 1. The number of nitrogens with two attached hydrogens (primary N) is 2. The topological polar surface area (TPSA) is 142 Å². The van der Waals surface area contributed by atoms with E-state index in [9.17, 15) is 14.4 Å². The van der Waals surface area contributed by atoms with Gasteiger partial charge in [-0.1, -0.05) is 36.4 Å². The van der Waals surface area contributed by atoms with Crippen LogP contribution in [-0.2, 0) is 16.0 Å². The highest BCUT2D eigenvalue weighted by Gasteiger charge is 2.34. The van der Waals surface area contributed by atoms with Gasteiger partial charge in [-0.15, -0.1) is 0 Å². The van der Waals surface area contributed by atoms with Crippen molar-refractivity contribution in [3.05, 3.63) is 68.8 Å². The Kier molecular flexibility index (Phi) is 11.1. The molecule has 2 atom stereocenters. The number of imide groups is 1. The average Bonchev–Trinajstić information content (AvgIpc) is 2.82. The molecular formula is C25H31IN5O3. The van der Waals surface area contributed by atoms with E-state index in [1.54, 1.807) is 18.2 Å². The monoisotopic (exact) mass is 576 g/mol. The van der Waals surface area contributed by atoms with Crippen LogP contribution in [-0.4, -0.2) is 47.6 Å². The third-order valence-corrected chi connectivity index (χ3v) is 6.60. The number of nitrogens with zero attached hydrogens (tertiary/aromatic N) is 1. The van der Waals surface area contributed by atoms with Gasteiger partial charge >= 0.3 is 0 Å². The van der Waals surface area contributed by atoms with Gasteiger partial charge in [0.1, 0.15) is 6.04 Å². The van der Waals surface area contributed by atoms with Crippen molar-refractivity contribution < 1.29 is 14.4 Å². The Hall–Kier alpha value is -2.79. The number of amides is 2. The molecule has 2 aromatic rings. The molecule has 8 nitrogen and oxygen atoms in total. The number of benzene rings is 2. The Bertz CT molecular complexity index is 999. The Balaban J connectivity index is 2.18. The maximum absolute atomic E-state index is 13.4. The lowest BCUT2D eigenvalue weighted by molar-refractivity contribution is -0.131. The number of rotatable bonds is 12. The summed E-state index contributed by atoms with van der Waals surface area (Å²) >= 11 is 2.12. The molecule has 0 spiro atoms. The van der Waals surface area contributed by atoms with Crippen molar-refractivity contribution in [2.24, 2.45) is 11.5 Å². The molecule has 0 aromatic heterocycles. The highest BCUT2D eigenvalue weighted by atomic mass is 127. The van der Waals surface area contributed by atoms with Crippen LogP contribution in [0.2, 0.25) is 0 Å². The van der Waals surface area contributed by atoms with Gasteiger partial charge in [-0.3, -0.25) is 24.7 Å². The number of guanidine groups is 1. The quantitative estimate of drug-likeness (QED) is 0.133. The van der Waals surface area contributed by atoms with Crippen molar-refractivity contribution in [2.45, 2.75) is 51.1 Å². The van der Waals surface area contributed by atoms with Crippen LogP contribution in [0.25, 0.3) is 0 Å². The summed E-state index contributed by atoms with van der Waals surface area (Å²) in [6.45, 7) is 2.25. The number of hydrogen-bond acceptors (Lipinski definition) is 5. The minimum atomic E-state index is -1.09. The number of nitrogens with one attached hydrogen (secondary N) is 2. The van der Waals surface area contributed by atoms with Crippen LogP contribution in [0.4, 0.5) is 0 Å². The van der Waals surface area contributed by atoms with Crippen molar-refractivity contribution >= 4 is 46.7 Å². The van der Waals surface area contributed by atoms with Gasteiger partial charge < -0.3 is 16.8 Å². The fourth-order valence-corrected chi connectivity index (χ4v) is 4.01. The Morgan fingerprint density at radius 3 is 2.47 bits per heavy atom. The van der Waals surface area contributed by atoms with E-state index in [0.717, 1.165) is 26.0 Å². The lowest BCUT2D eigenvalue weighted by atomic mass is 10.0. The first kappa shape index (κ1) is 27.5. The number of carbonyl (C=O) groups excluding carboxylic acids is 3. The molecule has 0 bridgehead atoms. The van der Waals surface area contributed by atoms with E-state index >= 15 is 0 Å². The van der Waals surface area contributed by atoms with E-state index < -0.39 is 23.9 Å². The SMILES string of the molecule is Cc1ccc(C(=O)N(C(=O)[C@H](N)CCCc2ccccc2)[C@H]([C]=O)CCCNC(=N)N)cc1I. The summed E-state index contributed by atoms with van der Waals surface area (Å²) in [5.74, 6) is -1.36. The lowest BCUT2D eigenvalue weighted by Crippen LogP contribution is -2.52. The van der Waals surface area contributed by atoms with Crippen molar-refractivity contribution in [3.8, 4) is 0 Å². The first-order valence-corrected chi connectivity index (χ1v) is 12.2. The summed E-state index contributed by atoms with van der Waals surface area (Å²) < 4.78 is 0.875.